The average molecular weight is 358 g/mol. The van der Waals surface area contributed by atoms with Crippen LogP contribution in [0.5, 0.6) is 5.75 Å². The molecule has 0 amide bonds. The quantitative estimate of drug-likeness (QED) is 0.564. The van der Waals surface area contributed by atoms with E-state index in [1.54, 1.807) is 24.3 Å². The average Bonchev–Trinajstić information content (AvgIpc) is 2.68. The molecule has 0 spiro atoms. The molecule has 0 radical (unpaired) electrons. The van der Waals surface area contributed by atoms with Crippen molar-refractivity contribution in [3.8, 4) is 5.75 Å². The first-order valence-electron chi connectivity index (χ1n) is 8.81. The number of benzene rings is 2. The molecule has 1 aliphatic heterocycles. The Morgan fingerprint density at radius 1 is 1.12 bits per heavy atom. The van der Waals surface area contributed by atoms with Crippen molar-refractivity contribution in [2.45, 2.75) is 6.10 Å². The Hall–Kier alpha value is -2.64. The first-order valence-corrected chi connectivity index (χ1v) is 8.81. The number of hydrogen-bond acceptors (Lipinski definition) is 5. The number of nitro benzene ring substituents is 1. The summed E-state index contributed by atoms with van der Waals surface area (Å²) in [5, 5.41) is 20.9. The molecule has 0 aromatic heterocycles. The Kier molecular flexibility index (Phi) is 6.04. The number of aliphatic hydroxyl groups is 1. The van der Waals surface area contributed by atoms with Gasteiger partial charge in [0.1, 0.15) is 25.0 Å². The van der Waals surface area contributed by atoms with E-state index in [0.29, 0.717) is 13.2 Å². The summed E-state index contributed by atoms with van der Waals surface area (Å²) >= 11 is 0. The highest BCUT2D eigenvalue weighted by atomic mass is 16.6. The van der Waals surface area contributed by atoms with E-state index in [0.717, 1.165) is 37.6 Å². The number of nitro groups is 1. The largest absolute Gasteiger partial charge is 0.491 e. The minimum atomic E-state index is -0.504. The Morgan fingerprint density at radius 3 is 2.38 bits per heavy atom. The van der Waals surface area contributed by atoms with Gasteiger partial charge in [-0.1, -0.05) is 18.2 Å². The molecule has 0 aliphatic carbocycles. The van der Waals surface area contributed by atoms with Gasteiger partial charge in [-0.05, 0) is 24.3 Å². The summed E-state index contributed by atoms with van der Waals surface area (Å²) < 4.78 is 5.60. The zero-order chi connectivity index (χ0) is 18.4. The van der Waals surface area contributed by atoms with Gasteiger partial charge in [0.15, 0.2) is 0 Å². The topological polar surface area (TPSA) is 80.3 Å². The lowest BCUT2D eigenvalue weighted by Crippen LogP contribution is -3.16. The zero-order valence-corrected chi connectivity index (χ0v) is 14.6. The Balaban J connectivity index is 1.42. The van der Waals surface area contributed by atoms with Crippen LogP contribution in [0.15, 0.2) is 54.6 Å². The van der Waals surface area contributed by atoms with Crippen molar-refractivity contribution in [2.24, 2.45) is 0 Å². The fourth-order valence-electron chi connectivity index (χ4n) is 3.17. The van der Waals surface area contributed by atoms with Crippen LogP contribution in [0.25, 0.3) is 0 Å². The predicted molar refractivity (Wildman–Crippen MR) is 98.8 cm³/mol. The van der Waals surface area contributed by atoms with Gasteiger partial charge in [0, 0.05) is 17.8 Å². The van der Waals surface area contributed by atoms with E-state index < -0.39 is 6.10 Å². The second-order valence-electron chi connectivity index (χ2n) is 6.49. The molecule has 0 bridgehead atoms. The number of para-hydroxylation sites is 1. The maximum atomic E-state index is 10.7. The molecule has 26 heavy (non-hydrogen) atoms. The van der Waals surface area contributed by atoms with E-state index in [-0.39, 0.29) is 10.6 Å². The number of hydrogen-bond donors (Lipinski definition) is 2. The molecule has 0 unspecified atom stereocenters. The molecule has 1 atom stereocenters. The number of aliphatic hydroxyl groups excluding tert-OH is 1. The highest BCUT2D eigenvalue weighted by Crippen LogP contribution is 2.19. The number of ether oxygens (including phenoxy) is 1. The van der Waals surface area contributed by atoms with Crippen molar-refractivity contribution >= 4 is 11.4 Å². The molecule has 3 rings (SSSR count). The standard InChI is InChI=1S/C19H23N3O4/c23-18(15-26-19-4-2-1-3-5-19)14-20-10-12-21(13-11-20)16-6-8-17(9-7-16)22(24)25/h1-9,18,23H,10-15H2/p+1/t18-/m0/s1. The first kappa shape index (κ1) is 18.2. The third kappa shape index (κ3) is 4.93. The molecule has 0 saturated carbocycles. The maximum Gasteiger partial charge on any atom is 0.269 e. The van der Waals surface area contributed by atoms with Crippen molar-refractivity contribution in [3.05, 3.63) is 64.7 Å². The van der Waals surface area contributed by atoms with E-state index in [4.69, 9.17) is 4.74 Å². The van der Waals surface area contributed by atoms with E-state index in [1.165, 1.54) is 4.90 Å². The zero-order valence-electron chi connectivity index (χ0n) is 14.6. The summed E-state index contributed by atoms with van der Waals surface area (Å²) in [6.07, 6.45) is -0.504. The molecule has 2 N–H and O–H groups in total. The minimum Gasteiger partial charge on any atom is -0.491 e. The Morgan fingerprint density at radius 2 is 1.77 bits per heavy atom. The second kappa shape index (κ2) is 8.64. The summed E-state index contributed by atoms with van der Waals surface area (Å²) in [5.41, 5.74) is 1.11. The lowest BCUT2D eigenvalue weighted by molar-refractivity contribution is -0.903. The molecule has 2 aromatic rings. The number of quaternary nitrogens is 1. The number of nitrogens with one attached hydrogen (secondary N) is 1. The molecule has 7 nitrogen and oxygen atoms in total. The van der Waals surface area contributed by atoms with Crippen molar-refractivity contribution < 1.29 is 19.7 Å². The number of nitrogens with zero attached hydrogens (tertiary/aromatic N) is 2. The van der Waals surface area contributed by atoms with E-state index in [2.05, 4.69) is 4.90 Å². The molecular formula is C19H24N3O4+. The fraction of sp³-hybridized carbons (Fsp3) is 0.368. The third-order valence-electron chi connectivity index (χ3n) is 4.61. The van der Waals surface area contributed by atoms with Crippen LogP contribution < -0.4 is 14.5 Å². The summed E-state index contributed by atoms with van der Waals surface area (Å²) in [6, 6.07) is 16.2. The van der Waals surface area contributed by atoms with Crippen molar-refractivity contribution in [2.75, 3.05) is 44.2 Å². The van der Waals surface area contributed by atoms with Crippen LogP contribution in [-0.2, 0) is 0 Å². The lowest BCUT2D eigenvalue weighted by Gasteiger charge is -2.34. The number of piperazine rings is 1. The number of anilines is 1. The van der Waals surface area contributed by atoms with Crippen LogP contribution in [0.1, 0.15) is 0 Å². The molecule has 1 heterocycles. The van der Waals surface area contributed by atoms with E-state index in [1.807, 2.05) is 30.3 Å². The second-order valence-corrected chi connectivity index (χ2v) is 6.49. The molecule has 1 saturated heterocycles. The molecular weight excluding hydrogens is 334 g/mol. The Bertz CT molecular complexity index is 700. The third-order valence-corrected chi connectivity index (χ3v) is 4.61. The monoisotopic (exact) mass is 358 g/mol. The van der Waals surface area contributed by atoms with Gasteiger partial charge in [-0.25, -0.2) is 0 Å². The smallest absolute Gasteiger partial charge is 0.269 e. The summed E-state index contributed by atoms with van der Waals surface area (Å²) in [6.45, 7) is 4.50. The molecule has 1 fully saturated rings. The van der Waals surface area contributed by atoms with Gasteiger partial charge in [-0.2, -0.15) is 0 Å². The van der Waals surface area contributed by atoms with Crippen LogP contribution >= 0.6 is 0 Å². The van der Waals surface area contributed by atoms with Gasteiger partial charge in [0.25, 0.3) is 5.69 Å². The highest BCUT2D eigenvalue weighted by Gasteiger charge is 2.23. The van der Waals surface area contributed by atoms with Gasteiger partial charge >= 0.3 is 0 Å². The fourth-order valence-corrected chi connectivity index (χ4v) is 3.17. The lowest BCUT2D eigenvalue weighted by atomic mass is 10.2. The van der Waals surface area contributed by atoms with E-state index in [9.17, 15) is 15.2 Å². The summed E-state index contributed by atoms with van der Waals surface area (Å²) in [4.78, 5) is 13.9. The highest BCUT2D eigenvalue weighted by molar-refractivity contribution is 5.51. The van der Waals surface area contributed by atoms with Gasteiger partial charge < -0.3 is 19.6 Å². The van der Waals surface area contributed by atoms with Gasteiger partial charge in [-0.15, -0.1) is 0 Å². The molecule has 1 aliphatic rings. The first-order chi connectivity index (χ1) is 12.6. The summed E-state index contributed by atoms with van der Waals surface area (Å²) in [7, 11) is 0. The van der Waals surface area contributed by atoms with Crippen LogP contribution in [0.4, 0.5) is 11.4 Å². The number of non-ortho nitro benzene ring substituents is 1. The van der Waals surface area contributed by atoms with Crippen LogP contribution in [0.2, 0.25) is 0 Å². The normalized spacial score (nSPS) is 16.3. The molecule has 138 valence electrons. The number of rotatable bonds is 7. The summed E-state index contributed by atoms with van der Waals surface area (Å²) in [5.74, 6) is 0.768. The predicted octanol–water partition coefficient (Wildman–Crippen LogP) is 0.740. The van der Waals surface area contributed by atoms with Crippen molar-refractivity contribution in [3.63, 3.8) is 0 Å². The SMILES string of the molecule is O=[N+]([O-])c1ccc(N2CC[NH+](C[C@H](O)COc3ccccc3)CC2)cc1. The van der Waals surface area contributed by atoms with Gasteiger partial charge in [0.05, 0.1) is 31.1 Å². The van der Waals surface area contributed by atoms with Crippen LogP contribution in [0.3, 0.4) is 0 Å². The molecule has 7 heteroatoms. The molecule has 2 aromatic carbocycles. The maximum absolute atomic E-state index is 10.7. The van der Waals surface area contributed by atoms with Crippen LogP contribution in [-0.4, -0.2) is 55.5 Å². The Labute approximate surface area is 152 Å². The van der Waals surface area contributed by atoms with Gasteiger partial charge in [-0.3, -0.25) is 10.1 Å². The van der Waals surface area contributed by atoms with E-state index >= 15 is 0 Å². The van der Waals surface area contributed by atoms with Crippen LogP contribution in [0, 0.1) is 10.1 Å². The van der Waals surface area contributed by atoms with Crippen molar-refractivity contribution in [1.82, 2.24) is 0 Å². The van der Waals surface area contributed by atoms with Crippen molar-refractivity contribution in [1.29, 1.82) is 0 Å². The minimum absolute atomic E-state index is 0.111. The van der Waals surface area contributed by atoms with Gasteiger partial charge in [0.2, 0.25) is 0 Å².